The van der Waals surface area contributed by atoms with Gasteiger partial charge in [-0.05, 0) is 48.0 Å². The highest BCUT2D eigenvalue weighted by atomic mass is 35.5. The molecule has 0 atom stereocenters. The van der Waals surface area contributed by atoms with Gasteiger partial charge in [-0.3, -0.25) is 0 Å². The summed E-state index contributed by atoms with van der Waals surface area (Å²) in [7, 11) is 0. The van der Waals surface area contributed by atoms with Crippen molar-refractivity contribution in [3.05, 3.63) is 71.4 Å². The number of pyridine rings is 1. The highest BCUT2D eigenvalue weighted by Crippen LogP contribution is 2.31. The van der Waals surface area contributed by atoms with Crippen LogP contribution < -0.4 is 5.32 Å². The molecule has 0 radical (unpaired) electrons. The van der Waals surface area contributed by atoms with Crippen LogP contribution in [-0.4, -0.2) is 24.8 Å². The summed E-state index contributed by atoms with van der Waals surface area (Å²) in [5.74, 6) is 0.591. The molecule has 3 N–H and O–H groups in total. The molecule has 0 aliphatic heterocycles. The minimum absolute atomic E-state index is 0.0256. The van der Waals surface area contributed by atoms with Crippen LogP contribution in [0.3, 0.4) is 0 Å². The number of nitrogens with one attached hydrogen (secondary N) is 1. The third-order valence-electron chi connectivity index (χ3n) is 3.96. The highest BCUT2D eigenvalue weighted by molar-refractivity contribution is 6.33. The molecule has 7 heteroatoms. The van der Waals surface area contributed by atoms with Crippen LogP contribution in [0.25, 0.3) is 16.8 Å². The Bertz CT molecular complexity index is 1090. The number of phenolic OH excluding ortho intramolecular Hbond substituents is 1. The fourth-order valence-corrected chi connectivity index (χ4v) is 2.93. The van der Waals surface area contributed by atoms with Crippen LogP contribution in [0.1, 0.15) is 5.56 Å². The van der Waals surface area contributed by atoms with E-state index in [1.54, 1.807) is 28.9 Å². The van der Waals surface area contributed by atoms with Gasteiger partial charge < -0.3 is 15.5 Å². The molecule has 2 heterocycles. The number of anilines is 2. The normalized spacial score (nSPS) is 11.0. The maximum atomic E-state index is 9.70. The maximum Gasteiger partial charge on any atom is 0.247 e. The summed E-state index contributed by atoms with van der Waals surface area (Å²) < 4.78 is 1.65. The predicted molar refractivity (Wildman–Crippen MR) is 101 cm³/mol. The summed E-state index contributed by atoms with van der Waals surface area (Å²) in [6, 6.07) is 15.9. The zero-order valence-electron chi connectivity index (χ0n) is 13.6. The minimum Gasteiger partial charge on any atom is -0.508 e. The van der Waals surface area contributed by atoms with Crippen LogP contribution in [0.5, 0.6) is 5.75 Å². The first-order valence-electron chi connectivity index (χ1n) is 7.94. The van der Waals surface area contributed by atoms with Crippen LogP contribution in [0, 0.1) is 0 Å². The third kappa shape index (κ3) is 3.20. The first-order valence-corrected chi connectivity index (χ1v) is 8.32. The van der Waals surface area contributed by atoms with Crippen molar-refractivity contribution in [3.63, 3.8) is 0 Å². The van der Waals surface area contributed by atoms with Crippen LogP contribution in [-0.2, 0) is 6.61 Å². The lowest BCUT2D eigenvalue weighted by atomic mass is 10.1. The first kappa shape index (κ1) is 16.4. The fraction of sp³-hybridized carbons (Fsp3) is 0.0526. The number of benzene rings is 2. The van der Waals surface area contributed by atoms with Crippen molar-refractivity contribution < 1.29 is 10.2 Å². The summed E-state index contributed by atoms with van der Waals surface area (Å²) in [4.78, 5) is 4.43. The first-order chi connectivity index (χ1) is 12.6. The molecule has 6 nitrogen and oxygen atoms in total. The molecule has 0 fully saturated rings. The van der Waals surface area contributed by atoms with E-state index < -0.39 is 0 Å². The monoisotopic (exact) mass is 366 g/mol. The molecule has 4 rings (SSSR count). The summed E-state index contributed by atoms with van der Waals surface area (Å²) >= 11 is 6.23. The smallest absolute Gasteiger partial charge is 0.247 e. The Morgan fingerprint density at radius 1 is 1.08 bits per heavy atom. The van der Waals surface area contributed by atoms with Gasteiger partial charge in [0.2, 0.25) is 5.95 Å². The SMILES string of the molecule is OCc1cccc(Nc2nc3ccc(-c4cc(O)ccc4Cl)cn3n2)c1. The number of aromatic nitrogens is 3. The molecule has 4 aromatic rings. The van der Waals surface area contributed by atoms with E-state index in [0.717, 1.165) is 16.8 Å². The zero-order valence-corrected chi connectivity index (χ0v) is 14.4. The lowest BCUT2D eigenvalue weighted by molar-refractivity contribution is 0.282. The average Bonchev–Trinajstić information content (AvgIpc) is 3.05. The van der Waals surface area contributed by atoms with Gasteiger partial charge in [-0.2, -0.15) is 4.98 Å². The topological polar surface area (TPSA) is 82.7 Å². The van der Waals surface area contributed by atoms with Crippen LogP contribution >= 0.6 is 11.6 Å². The fourth-order valence-electron chi connectivity index (χ4n) is 2.71. The Balaban J connectivity index is 1.68. The number of rotatable bonds is 4. The number of phenols is 1. The van der Waals surface area contributed by atoms with Gasteiger partial charge in [0.15, 0.2) is 5.65 Å². The minimum atomic E-state index is -0.0256. The van der Waals surface area contributed by atoms with E-state index >= 15 is 0 Å². The lowest BCUT2D eigenvalue weighted by Crippen LogP contribution is -1.94. The standard InChI is InChI=1S/C19H15ClN4O2/c20-17-6-5-15(26)9-16(17)13-4-7-18-22-19(23-24(18)10-13)21-14-3-1-2-12(8-14)11-25/h1-10,25-26H,11H2,(H,21,23). The van der Waals surface area contributed by atoms with E-state index in [1.165, 1.54) is 0 Å². The molecule has 0 aliphatic rings. The average molecular weight is 367 g/mol. The van der Waals surface area contributed by atoms with Gasteiger partial charge in [0.05, 0.1) is 6.61 Å². The highest BCUT2D eigenvalue weighted by Gasteiger charge is 2.09. The Morgan fingerprint density at radius 2 is 1.96 bits per heavy atom. The Labute approximate surface area is 154 Å². The quantitative estimate of drug-likeness (QED) is 0.508. The van der Waals surface area contributed by atoms with Gasteiger partial charge in [-0.25, -0.2) is 4.52 Å². The molecule has 130 valence electrons. The number of nitrogens with zero attached hydrogens (tertiary/aromatic N) is 3. The number of halogens is 1. The van der Waals surface area contributed by atoms with Gasteiger partial charge in [-0.1, -0.05) is 23.7 Å². The van der Waals surface area contributed by atoms with Gasteiger partial charge in [-0.15, -0.1) is 5.10 Å². The van der Waals surface area contributed by atoms with E-state index in [0.29, 0.717) is 22.2 Å². The number of fused-ring (bicyclic) bond motifs is 1. The molecule has 0 bridgehead atoms. The molecule has 26 heavy (non-hydrogen) atoms. The summed E-state index contributed by atoms with van der Waals surface area (Å²) in [5.41, 5.74) is 3.81. The van der Waals surface area contributed by atoms with Gasteiger partial charge in [0.1, 0.15) is 5.75 Å². The van der Waals surface area contributed by atoms with Crippen molar-refractivity contribution in [1.29, 1.82) is 0 Å². The zero-order chi connectivity index (χ0) is 18.1. The molecule has 2 aromatic carbocycles. The van der Waals surface area contributed by atoms with E-state index in [9.17, 15) is 10.2 Å². The van der Waals surface area contributed by atoms with Crippen molar-refractivity contribution in [3.8, 4) is 16.9 Å². The summed E-state index contributed by atoms with van der Waals surface area (Å²) in [6.45, 7) is -0.0256. The van der Waals surface area contributed by atoms with Crippen LogP contribution in [0.15, 0.2) is 60.8 Å². The third-order valence-corrected chi connectivity index (χ3v) is 4.29. The second-order valence-electron chi connectivity index (χ2n) is 5.80. The van der Waals surface area contributed by atoms with Crippen molar-refractivity contribution in [2.75, 3.05) is 5.32 Å². The molecular formula is C19H15ClN4O2. The second kappa shape index (κ2) is 6.67. The van der Waals surface area contributed by atoms with Gasteiger partial charge in [0.25, 0.3) is 0 Å². The lowest BCUT2D eigenvalue weighted by Gasteiger charge is -2.05. The summed E-state index contributed by atoms with van der Waals surface area (Å²) in [5, 5.41) is 27.0. The molecule has 0 saturated carbocycles. The number of aromatic hydroxyl groups is 1. The number of hydrogen-bond donors (Lipinski definition) is 3. The predicted octanol–water partition coefficient (Wildman–Crippen LogP) is 3.99. The largest absolute Gasteiger partial charge is 0.508 e. The van der Waals surface area contributed by atoms with Gasteiger partial charge in [0, 0.05) is 28.0 Å². The molecular weight excluding hydrogens is 352 g/mol. The second-order valence-corrected chi connectivity index (χ2v) is 6.21. The maximum absolute atomic E-state index is 9.70. The van der Waals surface area contributed by atoms with Crippen molar-refractivity contribution in [1.82, 2.24) is 14.6 Å². The van der Waals surface area contributed by atoms with E-state index in [-0.39, 0.29) is 12.4 Å². The Kier molecular flexibility index (Phi) is 4.20. The van der Waals surface area contributed by atoms with Gasteiger partial charge >= 0.3 is 0 Å². The molecule has 2 aromatic heterocycles. The van der Waals surface area contributed by atoms with E-state index in [4.69, 9.17) is 11.6 Å². The molecule has 0 saturated heterocycles. The molecule has 0 amide bonds. The van der Waals surface area contributed by atoms with Crippen molar-refractivity contribution in [2.24, 2.45) is 0 Å². The molecule has 0 spiro atoms. The van der Waals surface area contributed by atoms with E-state index in [1.807, 2.05) is 36.4 Å². The number of aliphatic hydroxyl groups is 1. The van der Waals surface area contributed by atoms with E-state index in [2.05, 4.69) is 15.4 Å². The Hall–Kier alpha value is -3.09. The van der Waals surface area contributed by atoms with Crippen LogP contribution in [0.2, 0.25) is 5.02 Å². The number of hydrogen-bond acceptors (Lipinski definition) is 5. The van der Waals surface area contributed by atoms with Crippen LogP contribution in [0.4, 0.5) is 11.6 Å². The Morgan fingerprint density at radius 3 is 2.81 bits per heavy atom. The summed E-state index contributed by atoms with van der Waals surface area (Å²) in [6.07, 6.45) is 1.80. The number of aliphatic hydroxyl groups excluding tert-OH is 1. The van der Waals surface area contributed by atoms with Crippen molar-refractivity contribution in [2.45, 2.75) is 6.61 Å². The molecule has 0 unspecified atom stereocenters. The molecule has 0 aliphatic carbocycles. The van der Waals surface area contributed by atoms with Crippen molar-refractivity contribution >= 4 is 28.9 Å².